The average Bonchev–Trinajstić information content (AvgIpc) is 3.16. The Morgan fingerprint density at radius 2 is 1.78 bits per heavy atom. The molecule has 2 aromatic heterocycles. The third kappa shape index (κ3) is 5.60. The van der Waals surface area contributed by atoms with E-state index in [0.29, 0.717) is 17.1 Å². The fourth-order valence-corrected chi connectivity index (χ4v) is 3.17. The number of halogens is 1. The molecular weight excluding hydrogens is 384 g/mol. The highest BCUT2D eigenvalue weighted by atomic mass is 35.5. The minimum atomic E-state index is -0.235. The third-order valence-corrected chi connectivity index (χ3v) is 4.81. The Hall–Kier alpha value is -2.77. The molecule has 27 heavy (non-hydrogen) atoms. The van der Waals surface area contributed by atoms with Crippen molar-refractivity contribution in [3.05, 3.63) is 69.8 Å². The second-order valence-corrected chi connectivity index (χ2v) is 7.03. The monoisotopic (exact) mass is 400 g/mol. The van der Waals surface area contributed by atoms with Crippen LogP contribution in [0.5, 0.6) is 0 Å². The lowest BCUT2D eigenvalue weighted by atomic mass is 10.2. The van der Waals surface area contributed by atoms with Crippen LogP contribution in [0.4, 0.5) is 0 Å². The first-order valence-electron chi connectivity index (χ1n) is 8.27. The molecule has 3 rings (SSSR count). The molecule has 6 nitrogen and oxygen atoms in total. The second kappa shape index (κ2) is 9.25. The molecule has 138 valence electrons. The summed E-state index contributed by atoms with van der Waals surface area (Å²) < 4.78 is 0. The smallest absolute Gasteiger partial charge is 0.251 e. The molecule has 0 spiro atoms. The van der Waals surface area contributed by atoms with E-state index in [-0.39, 0.29) is 24.8 Å². The molecule has 0 atom stereocenters. The van der Waals surface area contributed by atoms with Crippen LogP contribution >= 0.6 is 22.9 Å². The summed E-state index contributed by atoms with van der Waals surface area (Å²) in [6, 6.07) is 10.4. The van der Waals surface area contributed by atoms with Gasteiger partial charge in [0.05, 0.1) is 12.2 Å². The van der Waals surface area contributed by atoms with E-state index < -0.39 is 0 Å². The van der Waals surface area contributed by atoms with Crippen molar-refractivity contribution < 1.29 is 9.59 Å². The predicted octanol–water partition coefficient (Wildman–Crippen LogP) is 3.29. The van der Waals surface area contributed by atoms with Crippen LogP contribution in [-0.2, 0) is 11.3 Å². The van der Waals surface area contributed by atoms with Crippen LogP contribution in [0.1, 0.15) is 21.8 Å². The minimum Gasteiger partial charge on any atom is -0.352 e. The summed E-state index contributed by atoms with van der Waals surface area (Å²) in [6.45, 7) is 0.618. The van der Waals surface area contributed by atoms with E-state index in [0.717, 1.165) is 16.3 Å². The Kier molecular flexibility index (Phi) is 6.51. The number of amides is 2. The van der Waals surface area contributed by atoms with Crippen LogP contribution in [0.3, 0.4) is 0 Å². The van der Waals surface area contributed by atoms with E-state index in [1.54, 1.807) is 36.7 Å². The Morgan fingerprint density at radius 3 is 2.52 bits per heavy atom. The summed E-state index contributed by atoms with van der Waals surface area (Å²) in [5, 5.41) is 8.86. The largest absolute Gasteiger partial charge is 0.352 e. The quantitative estimate of drug-likeness (QED) is 0.637. The van der Waals surface area contributed by atoms with Gasteiger partial charge in [-0.25, -0.2) is 4.98 Å². The van der Waals surface area contributed by atoms with Crippen molar-refractivity contribution in [3.8, 4) is 11.3 Å². The molecule has 0 saturated carbocycles. The molecule has 0 unspecified atom stereocenters. The average molecular weight is 401 g/mol. The van der Waals surface area contributed by atoms with Gasteiger partial charge in [-0.1, -0.05) is 11.6 Å². The molecule has 0 saturated heterocycles. The van der Waals surface area contributed by atoms with Gasteiger partial charge in [0.1, 0.15) is 5.01 Å². The van der Waals surface area contributed by atoms with E-state index in [2.05, 4.69) is 20.6 Å². The van der Waals surface area contributed by atoms with Crippen LogP contribution < -0.4 is 10.6 Å². The molecule has 8 heteroatoms. The zero-order chi connectivity index (χ0) is 19.1. The minimum absolute atomic E-state index is 0.146. The molecule has 0 radical (unpaired) electrons. The lowest BCUT2D eigenvalue weighted by Gasteiger charge is -2.06. The van der Waals surface area contributed by atoms with Gasteiger partial charge in [-0.15, -0.1) is 11.3 Å². The van der Waals surface area contributed by atoms with Crippen molar-refractivity contribution in [2.45, 2.75) is 13.0 Å². The molecule has 0 aliphatic rings. The third-order valence-electron chi connectivity index (χ3n) is 3.71. The van der Waals surface area contributed by atoms with Gasteiger partial charge in [0.2, 0.25) is 5.91 Å². The molecule has 2 amide bonds. The molecule has 2 heterocycles. The Balaban J connectivity index is 1.40. The summed E-state index contributed by atoms with van der Waals surface area (Å²) in [6.07, 6.45) is 3.63. The van der Waals surface area contributed by atoms with Crippen LogP contribution in [0.2, 0.25) is 5.02 Å². The van der Waals surface area contributed by atoms with Gasteiger partial charge in [-0.3, -0.25) is 14.6 Å². The first-order valence-corrected chi connectivity index (χ1v) is 9.53. The molecule has 0 aliphatic carbocycles. The van der Waals surface area contributed by atoms with Crippen molar-refractivity contribution in [1.82, 2.24) is 20.6 Å². The number of aromatic nitrogens is 2. The van der Waals surface area contributed by atoms with E-state index in [1.165, 1.54) is 11.3 Å². The Morgan fingerprint density at radius 1 is 1.04 bits per heavy atom. The van der Waals surface area contributed by atoms with E-state index in [9.17, 15) is 9.59 Å². The highest BCUT2D eigenvalue weighted by molar-refractivity contribution is 7.09. The van der Waals surface area contributed by atoms with Crippen LogP contribution in [-0.4, -0.2) is 28.3 Å². The van der Waals surface area contributed by atoms with Crippen molar-refractivity contribution in [3.63, 3.8) is 0 Å². The summed E-state index contributed by atoms with van der Waals surface area (Å²) in [5.74, 6) is -0.381. The number of benzene rings is 1. The van der Waals surface area contributed by atoms with Gasteiger partial charge in [0.25, 0.3) is 5.91 Å². The fourth-order valence-electron chi connectivity index (χ4n) is 2.30. The summed E-state index contributed by atoms with van der Waals surface area (Å²) in [4.78, 5) is 32.4. The van der Waals surface area contributed by atoms with E-state index in [1.807, 2.05) is 17.5 Å². The topological polar surface area (TPSA) is 84.0 Å². The predicted molar refractivity (Wildman–Crippen MR) is 106 cm³/mol. The molecule has 0 bridgehead atoms. The SMILES string of the molecule is O=C(CCNC(=O)c1ccc(Cl)cc1)NCc1nc(-c2ccncc2)cs1. The first-order chi connectivity index (χ1) is 13.1. The van der Waals surface area contributed by atoms with Gasteiger partial charge in [-0.05, 0) is 36.4 Å². The van der Waals surface area contributed by atoms with Gasteiger partial charge in [-0.2, -0.15) is 0 Å². The van der Waals surface area contributed by atoms with Gasteiger partial charge in [0.15, 0.2) is 0 Å². The maximum absolute atomic E-state index is 12.0. The van der Waals surface area contributed by atoms with Gasteiger partial charge >= 0.3 is 0 Å². The molecule has 1 aromatic carbocycles. The molecule has 0 aliphatic heterocycles. The van der Waals surface area contributed by atoms with Crippen LogP contribution in [0.25, 0.3) is 11.3 Å². The van der Waals surface area contributed by atoms with Crippen LogP contribution in [0, 0.1) is 0 Å². The Labute approximate surface area is 165 Å². The molecule has 3 aromatic rings. The van der Waals surface area contributed by atoms with Crippen molar-refractivity contribution in [1.29, 1.82) is 0 Å². The maximum Gasteiger partial charge on any atom is 0.251 e. The number of nitrogens with one attached hydrogen (secondary N) is 2. The number of rotatable bonds is 7. The number of hydrogen-bond acceptors (Lipinski definition) is 5. The van der Waals surface area contributed by atoms with Crippen LogP contribution in [0.15, 0.2) is 54.2 Å². The number of carbonyl (C=O) groups is 2. The Bertz CT molecular complexity index is 913. The number of pyridine rings is 1. The van der Waals surface area contributed by atoms with Gasteiger partial charge in [0, 0.05) is 46.9 Å². The van der Waals surface area contributed by atoms with Crippen molar-refractivity contribution >= 4 is 34.8 Å². The normalized spacial score (nSPS) is 10.4. The number of hydrogen-bond donors (Lipinski definition) is 2. The number of thiazole rings is 1. The summed E-state index contributed by atoms with van der Waals surface area (Å²) in [5.41, 5.74) is 2.36. The first kappa shape index (κ1) is 19.0. The number of carbonyl (C=O) groups excluding carboxylic acids is 2. The maximum atomic E-state index is 12.0. The van der Waals surface area contributed by atoms with E-state index >= 15 is 0 Å². The zero-order valence-electron chi connectivity index (χ0n) is 14.3. The fraction of sp³-hybridized carbons (Fsp3) is 0.158. The summed E-state index contributed by atoms with van der Waals surface area (Å²) in [7, 11) is 0. The lowest BCUT2D eigenvalue weighted by molar-refractivity contribution is -0.121. The standard InChI is InChI=1S/C19H17ClN4O2S/c20-15-3-1-14(2-4-15)19(26)22-10-7-17(25)23-11-18-24-16(12-27-18)13-5-8-21-9-6-13/h1-6,8-9,12H,7,10-11H2,(H,22,26)(H,23,25). The van der Waals surface area contributed by atoms with E-state index in [4.69, 9.17) is 11.6 Å². The molecular formula is C19H17ClN4O2S. The number of nitrogens with zero attached hydrogens (tertiary/aromatic N) is 2. The van der Waals surface area contributed by atoms with Gasteiger partial charge < -0.3 is 10.6 Å². The van der Waals surface area contributed by atoms with Crippen molar-refractivity contribution in [2.24, 2.45) is 0 Å². The lowest BCUT2D eigenvalue weighted by Crippen LogP contribution is -2.30. The second-order valence-electron chi connectivity index (χ2n) is 5.65. The van der Waals surface area contributed by atoms with Crippen molar-refractivity contribution in [2.75, 3.05) is 6.54 Å². The zero-order valence-corrected chi connectivity index (χ0v) is 15.9. The molecule has 0 fully saturated rings. The highest BCUT2D eigenvalue weighted by Crippen LogP contribution is 2.20. The summed E-state index contributed by atoms with van der Waals surface area (Å²) >= 11 is 7.28. The molecule has 2 N–H and O–H groups in total. The highest BCUT2D eigenvalue weighted by Gasteiger charge is 2.08.